The van der Waals surface area contributed by atoms with Crippen LogP contribution in [0.2, 0.25) is 0 Å². The smallest absolute Gasteiger partial charge is 0.308 e. The van der Waals surface area contributed by atoms with Crippen molar-refractivity contribution in [3.05, 3.63) is 29.8 Å². The van der Waals surface area contributed by atoms with Crippen LogP contribution < -0.4 is 10.2 Å². The van der Waals surface area contributed by atoms with Gasteiger partial charge in [-0.2, -0.15) is 0 Å². The van der Waals surface area contributed by atoms with Gasteiger partial charge in [0.05, 0.1) is 0 Å². The highest BCUT2D eigenvalue weighted by molar-refractivity contribution is 5.94. The number of ether oxygens (including phenoxy) is 1. The van der Waals surface area contributed by atoms with E-state index >= 15 is 0 Å². The Labute approximate surface area is 119 Å². The Morgan fingerprint density at radius 1 is 1.20 bits per heavy atom. The molecule has 0 unspecified atom stereocenters. The van der Waals surface area contributed by atoms with E-state index in [0.717, 1.165) is 0 Å². The molecule has 0 saturated heterocycles. The fourth-order valence-electron chi connectivity index (χ4n) is 1.72. The maximum absolute atomic E-state index is 12.5. The van der Waals surface area contributed by atoms with Gasteiger partial charge in [-0.05, 0) is 45.9 Å². The minimum atomic E-state index is -0.407. The Morgan fingerprint density at radius 3 is 2.35 bits per heavy atom. The summed E-state index contributed by atoms with van der Waals surface area (Å²) in [6.45, 7) is 9.14. The first-order valence-corrected chi connectivity index (χ1v) is 6.69. The van der Waals surface area contributed by atoms with Crippen molar-refractivity contribution < 1.29 is 14.3 Å². The summed E-state index contributed by atoms with van der Waals surface area (Å²) in [6, 6.07) is 6.78. The Bertz CT molecular complexity index is 484. The zero-order valence-corrected chi connectivity index (χ0v) is 12.6. The minimum absolute atomic E-state index is 0.0160. The first-order valence-electron chi connectivity index (χ1n) is 6.69. The largest absolute Gasteiger partial charge is 0.427 e. The van der Waals surface area contributed by atoms with Gasteiger partial charge in [-0.15, -0.1) is 0 Å². The van der Waals surface area contributed by atoms with E-state index in [2.05, 4.69) is 5.43 Å². The number of carbonyl (C=O) groups is 2. The molecule has 20 heavy (non-hydrogen) atoms. The standard InChI is InChI=1S/C15H22N2O3/c1-10(2)16-17(11(3)4)15(19)13-7-6-8-14(9-13)20-12(5)18/h6-11,16H,1-5H3. The van der Waals surface area contributed by atoms with Gasteiger partial charge in [0, 0.05) is 24.6 Å². The SMILES string of the molecule is CC(=O)Oc1cccc(C(=O)N(NC(C)C)C(C)C)c1. The number of hydrogen-bond donors (Lipinski definition) is 1. The third kappa shape index (κ3) is 4.66. The third-order valence-corrected chi connectivity index (χ3v) is 2.48. The Kier molecular flexibility index (Phi) is 5.70. The van der Waals surface area contributed by atoms with Gasteiger partial charge in [0.15, 0.2) is 0 Å². The molecular formula is C15H22N2O3. The molecule has 1 rings (SSSR count). The van der Waals surface area contributed by atoms with Crippen LogP contribution in [0, 0.1) is 0 Å². The average Bonchev–Trinajstić information content (AvgIpc) is 2.34. The molecule has 1 N–H and O–H groups in total. The summed E-state index contributed by atoms with van der Waals surface area (Å²) in [6.07, 6.45) is 0. The molecule has 0 atom stereocenters. The number of hydrogen-bond acceptors (Lipinski definition) is 4. The lowest BCUT2D eigenvalue weighted by molar-refractivity contribution is -0.131. The van der Waals surface area contributed by atoms with Gasteiger partial charge >= 0.3 is 5.97 Å². The summed E-state index contributed by atoms with van der Waals surface area (Å²) in [4.78, 5) is 23.4. The van der Waals surface area contributed by atoms with Crippen LogP contribution >= 0.6 is 0 Å². The average molecular weight is 278 g/mol. The fraction of sp³-hybridized carbons (Fsp3) is 0.467. The van der Waals surface area contributed by atoms with E-state index in [1.165, 1.54) is 6.92 Å². The highest BCUT2D eigenvalue weighted by atomic mass is 16.5. The molecule has 5 heteroatoms. The first kappa shape index (κ1) is 16.2. The lowest BCUT2D eigenvalue weighted by Crippen LogP contribution is -2.50. The summed E-state index contributed by atoms with van der Waals surface area (Å²) < 4.78 is 5.00. The molecule has 1 aromatic rings. The molecule has 0 aliphatic carbocycles. The van der Waals surface area contributed by atoms with E-state index in [1.54, 1.807) is 29.3 Å². The monoisotopic (exact) mass is 278 g/mol. The molecule has 0 radical (unpaired) electrons. The van der Waals surface area contributed by atoms with Crippen LogP contribution in [0.25, 0.3) is 0 Å². The number of nitrogens with one attached hydrogen (secondary N) is 1. The molecule has 0 saturated carbocycles. The molecule has 0 aliphatic heterocycles. The van der Waals surface area contributed by atoms with E-state index in [9.17, 15) is 9.59 Å². The number of amides is 1. The summed E-state index contributed by atoms with van der Waals surface area (Å²) in [5.74, 6) is -0.185. The zero-order chi connectivity index (χ0) is 15.3. The second-order valence-electron chi connectivity index (χ2n) is 5.17. The number of nitrogens with zero attached hydrogens (tertiary/aromatic N) is 1. The minimum Gasteiger partial charge on any atom is -0.427 e. The quantitative estimate of drug-likeness (QED) is 0.510. The lowest BCUT2D eigenvalue weighted by atomic mass is 10.2. The lowest BCUT2D eigenvalue weighted by Gasteiger charge is -2.29. The number of hydrazine groups is 1. The van der Waals surface area contributed by atoms with Gasteiger partial charge in [0.25, 0.3) is 5.91 Å². The first-order chi connectivity index (χ1) is 9.31. The second kappa shape index (κ2) is 7.05. The topological polar surface area (TPSA) is 58.6 Å². The highest BCUT2D eigenvalue weighted by Crippen LogP contribution is 2.16. The molecule has 0 fully saturated rings. The van der Waals surface area contributed by atoms with Gasteiger partial charge in [-0.3, -0.25) is 14.6 Å². The number of carbonyl (C=O) groups excluding carboxylic acids is 2. The van der Waals surface area contributed by atoms with Gasteiger partial charge < -0.3 is 4.74 Å². The normalized spacial score (nSPS) is 10.8. The number of rotatable bonds is 5. The Hall–Kier alpha value is -1.88. The van der Waals surface area contributed by atoms with Gasteiger partial charge in [-0.25, -0.2) is 5.43 Å². The van der Waals surface area contributed by atoms with E-state index in [-0.39, 0.29) is 18.0 Å². The van der Waals surface area contributed by atoms with Crippen LogP contribution in [0.5, 0.6) is 5.75 Å². The van der Waals surface area contributed by atoms with Crippen molar-refractivity contribution in [2.45, 2.75) is 46.7 Å². The van der Waals surface area contributed by atoms with E-state index in [4.69, 9.17) is 4.74 Å². The van der Waals surface area contributed by atoms with Crippen molar-refractivity contribution in [2.24, 2.45) is 0 Å². The van der Waals surface area contributed by atoms with Gasteiger partial charge in [0.1, 0.15) is 5.75 Å². The van der Waals surface area contributed by atoms with E-state index in [1.807, 2.05) is 27.7 Å². The van der Waals surface area contributed by atoms with E-state index < -0.39 is 5.97 Å². The van der Waals surface area contributed by atoms with Crippen LogP contribution in [0.3, 0.4) is 0 Å². The Morgan fingerprint density at radius 2 is 1.85 bits per heavy atom. The maximum atomic E-state index is 12.5. The van der Waals surface area contributed by atoms with Crippen LogP contribution in [0.4, 0.5) is 0 Å². The predicted octanol–water partition coefficient (Wildman–Crippen LogP) is 2.38. The van der Waals surface area contributed by atoms with E-state index in [0.29, 0.717) is 11.3 Å². The summed E-state index contributed by atoms with van der Waals surface area (Å²) in [7, 11) is 0. The molecule has 1 aromatic carbocycles. The van der Waals surface area contributed by atoms with Crippen LogP contribution in [-0.4, -0.2) is 29.0 Å². The fourth-order valence-corrected chi connectivity index (χ4v) is 1.72. The van der Waals surface area contributed by atoms with Crippen molar-refractivity contribution in [3.63, 3.8) is 0 Å². The second-order valence-corrected chi connectivity index (χ2v) is 5.17. The molecule has 5 nitrogen and oxygen atoms in total. The molecule has 110 valence electrons. The Balaban J connectivity index is 2.96. The van der Waals surface area contributed by atoms with Gasteiger partial charge in [0.2, 0.25) is 0 Å². The van der Waals surface area contributed by atoms with Crippen molar-refractivity contribution in [1.82, 2.24) is 10.4 Å². The summed E-state index contributed by atoms with van der Waals surface area (Å²) >= 11 is 0. The summed E-state index contributed by atoms with van der Waals surface area (Å²) in [5, 5.41) is 1.58. The number of benzene rings is 1. The van der Waals surface area contributed by atoms with Crippen molar-refractivity contribution in [2.75, 3.05) is 0 Å². The van der Waals surface area contributed by atoms with Crippen LogP contribution in [-0.2, 0) is 4.79 Å². The van der Waals surface area contributed by atoms with Crippen molar-refractivity contribution >= 4 is 11.9 Å². The third-order valence-electron chi connectivity index (χ3n) is 2.48. The van der Waals surface area contributed by atoms with Gasteiger partial charge in [-0.1, -0.05) is 6.07 Å². The molecule has 0 heterocycles. The van der Waals surface area contributed by atoms with Crippen LogP contribution in [0.1, 0.15) is 45.0 Å². The van der Waals surface area contributed by atoms with Crippen molar-refractivity contribution in [1.29, 1.82) is 0 Å². The van der Waals surface area contributed by atoms with Crippen LogP contribution in [0.15, 0.2) is 24.3 Å². The molecule has 0 spiro atoms. The number of esters is 1. The zero-order valence-electron chi connectivity index (χ0n) is 12.6. The molecule has 0 aromatic heterocycles. The molecule has 0 aliphatic rings. The maximum Gasteiger partial charge on any atom is 0.308 e. The predicted molar refractivity (Wildman–Crippen MR) is 77.3 cm³/mol. The molecular weight excluding hydrogens is 256 g/mol. The van der Waals surface area contributed by atoms with Crippen molar-refractivity contribution in [3.8, 4) is 5.75 Å². The summed E-state index contributed by atoms with van der Waals surface area (Å²) in [5.41, 5.74) is 3.59. The molecule has 1 amide bonds. The highest BCUT2D eigenvalue weighted by Gasteiger charge is 2.20. The molecule has 0 bridgehead atoms.